The molecule has 2 aromatic rings. The lowest BCUT2D eigenvalue weighted by Crippen LogP contribution is -2.14. The summed E-state index contributed by atoms with van der Waals surface area (Å²) in [6, 6.07) is 3.68. The lowest BCUT2D eigenvalue weighted by Gasteiger charge is -2.08. The standard InChI is InChI=1S/C12H13FN4O3S/c1-20-12-7-15-6-11(17-12)16-5-8-2-3-10(9(13)4-8)21(14,18)19/h2-4,6-7H,5H2,1H3,(H,16,17)(H2,14,18,19). The summed E-state index contributed by atoms with van der Waals surface area (Å²) in [7, 11) is -2.59. The largest absolute Gasteiger partial charge is 0.480 e. The third-order valence-corrected chi connectivity index (χ3v) is 3.54. The summed E-state index contributed by atoms with van der Waals surface area (Å²) in [4.78, 5) is 7.46. The van der Waals surface area contributed by atoms with Crippen molar-refractivity contribution in [1.29, 1.82) is 0 Å². The molecule has 0 saturated carbocycles. The van der Waals surface area contributed by atoms with Gasteiger partial charge in [-0.2, -0.15) is 4.98 Å². The molecule has 1 aromatic heterocycles. The van der Waals surface area contributed by atoms with Crippen molar-refractivity contribution in [1.82, 2.24) is 9.97 Å². The Kier molecular flexibility index (Phi) is 4.34. The van der Waals surface area contributed by atoms with Crippen molar-refractivity contribution in [2.45, 2.75) is 11.4 Å². The van der Waals surface area contributed by atoms with Crippen molar-refractivity contribution in [3.63, 3.8) is 0 Å². The number of hydrogen-bond acceptors (Lipinski definition) is 6. The van der Waals surface area contributed by atoms with E-state index >= 15 is 0 Å². The Balaban J connectivity index is 2.12. The van der Waals surface area contributed by atoms with Crippen LogP contribution in [0.1, 0.15) is 5.56 Å². The maximum atomic E-state index is 13.7. The van der Waals surface area contributed by atoms with E-state index in [4.69, 9.17) is 9.88 Å². The molecule has 0 fully saturated rings. The molecule has 0 bridgehead atoms. The second-order valence-electron chi connectivity index (χ2n) is 4.11. The molecule has 9 heteroatoms. The van der Waals surface area contributed by atoms with Crippen molar-refractivity contribution in [2.75, 3.05) is 12.4 Å². The second kappa shape index (κ2) is 6.02. The Labute approximate surface area is 121 Å². The minimum Gasteiger partial charge on any atom is -0.480 e. The monoisotopic (exact) mass is 312 g/mol. The highest BCUT2D eigenvalue weighted by Crippen LogP contribution is 2.16. The zero-order chi connectivity index (χ0) is 15.5. The first-order chi connectivity index (χ1) is 9.90. The van der Waals surface area contributed by atoms with E-state index in [1.54, 1.807) is 0 Å². The molecule has 0 aliphatic rings. The van der Waals surface area contributed by atoms with Crippen molar-refractivity contribution >= 4 is 15.8 Å². The number of halogens is 1. The fourth-order valence-electron chi connectivity index (χ4n) is 1.61. The molecule has 0 aliphatic carbocycles. The smallest absolute Gasteiger partial charge is 0.240 e. The van der Waals surface area contributed by atoms with Crippen LogP contribution in [0.15, 0.2) is 35.5 Å². The van der Waals surface area contributed by atoms with Gasteiger partial charge < -0.3 is 10.1 Å². The van der Waals surface area contributed by atoms with E-state index in [2.05, 4.69) is 15.3 Å². The summed E-state index contributed by atoms with van der Waals surface area (Å²) in [5.74, 6) is -0.102. The van der Waals surface area contributed by atoms with E-state index in [1.807, 2.05) is 0 Å². The summed E-state index contributed by atoms with van der Waals surface area (Å²) < 4.78 is 40.8. The molecular formula is C12H13FN4O3S. The van der Waals surface area contributed by atoms with Crippen LogP contribution >= 0.6 is 0 Å². The van der Waals surface area contributed by atoms with Gasteiger partial charge in [-0.15, -0.1) is 0 Å². The van der Waals surface area contributed by atoms with Crippen LogP contribution in [0, 0.1) is 5.82 Å². The quantitative estimate of drug-likeness (QED) is 0.849. The third kappa shape index (κ3) is 3.86. The highest BCUT2D eigenvalue weighted by molar-refractivity contribution is 7.89. The van der Waals surface area contributed by atoms with Crippen LogP contribution in [0.25, 0.3) is 0 Å². The van der Waals surface area contributed by atoms with Gasteiger partial charge in [-0.1, -0.05) is 6.07 Å². The van der Waals surface area contributed by atoms with Gasteiger partial charge in [0.1, 0.15) is 16.5 Å². The van der Waals surface area contributed by atoms with Crippen LogP contribution in [0.3, 0.4) is 0 Å². The van der Waals surface area contributed by atoms with Crippen LogP contribution in [0.5, 0.6) is 5.88 Å². The number of hydrogen-bond donors (Lipinski definition) is 2. The van der Waals surface area contributed by atoms with Gasteiger partial charge in [0.25, 0.3) is 0 Å². The van der Waals surface area contributed by atoms with Crippen LogP contribution in [-0.4, -0.2) is 25.5 Å². The lowest BCUT2D eigenvalue weighted by atomic mass is 10.2. The minimum atomic E-state index is -4.06. The minimum absolute atomic E-state index is 0.240. The zero-order valence-corrected chi connectivity index (χ0v) is 11.9. The molecule has 0 aliphatic heterocycles. The maximum absolute atomic E-state index is 13.7. The fourth-order valence-corrected chi connectivity index (χ4v) is 2.20. The summed E-state index contributed by atoms with van der Waals surface area (Å²) in [5, 5.41) is 7.81. The number of anilines is 1. The molecule has 1 aromatic carbocycles. The number of nitrogens with one attached hydrogen (secondary N) is 1. The molecule has 0 saturated heterocycles. The SMILES string of the molecule is COc1cncc(NCc2ccc(S(N)(=O)=O)c(F)c2)n1. The Morgan fingerprint density at radius 3 is 2.76 bits per heavy atom. The van der Waals surface area contributed by atoms with Gasteiger partial charge in [-0.25, -0.2) is 17.9 Å². The van der Waals surface area contributed by atoms with Gasteiger partial charge in [0.05, 0.1) is 19.5 Å². The van der Waals surface area contributed by atoms with Crippen LogP contribution in [0.4, 0.5) is 10.2 Å². The topological polar surface area (TPSA) is 107 Å². The van der Waals surface area contributed by atoms with Gasteiger partial charge in [0.15, 0.2) is 0 Å². The number of aromatic nitrogens is 2. The van der Waals surface area contributed by atoms with E-state index in [-0.39, 0.29) is 6.54 Å². The highest BCUT2D eigenvalue weighted by atomic mass is 32.2. The van der Waals surface area contributed by atoms with Crippen molar-refractivity contribution in [3.8, 4) is 5.88 Å². The molecule has 0 spiro atoms. The zero-order valence-electron chi connectivity index (χ0n) is 11.1. The molecule has 0 atom stereocenters. The second-order valence-corrected chi connectivity index (χ2v) is 5.64. The van der Waals surface area contributed by atoms with Gasteiger partial charge in [-0.05, 0) is 17.7 Å². The summed E-state index contributed by atoms with van der Waals surface area (Å²) in [5.41, 5.74) is 0.532. The Bertz CT molecular complexity index is 752. The molecular weight excluding hydrogens is 299 g/mol. The highest BCUT2D eigenvalue weighted by Gasteiger charge is 2.14. The van der Waals surface area contributed by atoms with Gasteiger partial charge in [0, 0.05) is 6.54 Å². The molecule has 1 heterocycles. The Hall–Kier alpha value is -2.26. The average molecular weight is 312 g/mol. The lowest BCUT2D eigenvalue weighted by molar-refractivity contribution is 0.396. The van der Waals surface area contributed by atoms with E-state index in [9.17, 15) is 12.8 Å². The van der Waals surface area contributed by atoms with Crippen molar-refractivity contribution < 1.29 is 17.5 Å². The molecule has 0 unspecified atom stereocenters. The number of rotatable bonds is 5. The summed E-state index contributed by atoms with van der Waals surface area (Å²) in [6.45, 7) is 0.240. The number of nitrogens with zero attached hydrogens (tertiary/aromatic N) is 2. The summed E-state index contributed by atoms with van der Waals surface area (Å²) in [6.07, 6.45) is 2.93. The maximum Gasteiger partial charge on any atom is 0.240 e. The van der Waals surface area contributed by atoms with Crippen LogP contribution in [0.2, 0.25) is 0 Å². The average Bonchev–Trinajstić information content (AvgIpc) is 2.44. The number of benzene rings is 1. The number of primary sulfonamides is 1. The first-order valence-electron chi connectivity index (χ1n) is 5.81. The molecule has 21 heavy (non-hydrogen) atoms. The normalized spacial score (nSPS) is 11.2. The Morgan fingerprint density at radius 1 is 1.38 bits per heavy atom. The van der Waals surface area contributed by atoms with Crippen LogP contribution in [-0.2, 0) is 16.6 Å². The van der Waals surface area contributed by atoms with E-state index < -0.39 is 20.7 Å². The number of methoxy groups -OCH3 is 1. The third-order valence-electron chi connectivity index (χ3n) is 2.60. The van der Waals surface area contributed by atoms with Crippen molar-refractivity contribution in [3.05, 3.63) is 42.0 Å². The summed E-state index contributed by atoms with van der Waals surface area (Å²) >= 11 is 0. The first kappa shape index (κ1) is 15.1. The van der Waals surface area contributed by atoms with Gasteiger partial charge >= 0.3 is 0 Å². The van der Waals surface area contributed by atoms with Gasteiger partial charge in [-0.3, -0.25) is 4.98 Å². The van der Waals surface area contributed by atoms with E-state index in [1.165, 1.54) is 25.6 Å². The first-order valence-corrected chi connectivity index (χ1v) is 7.36. The molecule has 3 N–H and O–H groups in total. The molecule has 7 nitrogen and oxygen atoms in total. The molecule has 2 rings (SSSR count). The van der Waals surface area contributed by atoms with Gasteiger partial charge in [0.2, 0.25) is 15.9 Å². The molecule has 0 radical (unpaired) electrons. The number of sulfonamides is 1. The predicted molar refractivity (Wildman–Crippen MR) is 73.7 cm³/mol. The van der Waals surface area contributed by atoms with Crippen molar-refractivity contribution in [2.24, 2.45) is 5.14 Å². The molecule has 0 amide bonds. The van der Waals surface area contributed by atoms with Crippen LogP contribution < -0.4 is 15.2 Å². The van der Waals surface area contributed by atoms with E-state index in [0.29, 0.717) is 17.3 Å². The fraction of sp³-hybridized carbons (Fsp3) is 0.167. The number of ether oxygens (including phenoxy) is 1. The Morgan fingerprint density at radius 2 is 2.14 bits per heavy atom. The predicted octanol–water partition coefficient (Wildman–Crippen LogP) is 0.884. The number of nitrogens with two attached hydrogens (primary N) is 1. The molecule has 112 valence electrons. The van der Waals surface area contributed by atoms with E-state index in [0.717, 1.165) is 12.1 Å².